The molecular formula is C22H27N3O. The molecule has 2 aliphatic rings. The van der Waals surface area contributed by atoms with Gasteiger partial charge in [-0.2, -0.15) is 0 Å². The molecule has 0 amide bonds. The molecule has 1 fully saturated rings. The summed E-state index contributed by atoms with van der Waals surface area (Å²) in [6.45, 7) is 2.93. The van der Waals surface area contributed by atoms with E-state index in [0.29, 0.717) is 12.0 Å². The number of piperidine rings is 1. The van der Waals surface area contributed by atoms with Crippen LogP contribution in [0, 0.1) is 0 Å². The maximum Gasteiger partial charge on any atom is 0.193 e. The van der Waals surface area contributed by atoms with Crippen molar-refractivity contribution in [2.24, 2.45) is 4.99 Å². The van der Waals surface area contributed by atoms with Gasteiger partial charge in [-0.15, -0.1) is 0 Å². The van der Waals surface area contributed by atoms with Crippen molar-refractivity contribution in [1.29, 1.82) is 0 Å². The van der Waals surface area contributed by atoms with Crippen molar-refractivity contribution in [2.45, 2.75) is 31.3 Å². The zero-order valence-electron chi connectivity index (χ0n) is 15.4. The number of fused-ring (bicyclic) bond motifs is 1. The van der Waals surface area contributed by atoms with Crippen LogP contribution in [-0.2, 0) is 6.42 Å². The number of rotatable bonds is 4. The molecule has 0 saturated carbocycles. The average molecular weight is 349 g/mol. The van der Waals surface area contributed by atoms with Crippen LogP contribution in [0.25, 0.3) is 0 Å². The van der Waals surface area contributed by atoms with Crippen LogP contribution in [0.15, 0.2) is 59.6 Å². The minimum atomic E-state index is 0.297. The van der Waals surface area contributed by atoms with E-state index in [-0.39, 0.29) is 0 Å². The largest absolute Gasteiger partial charge is 0.490 e. The van der Waals surface area contributed by atoms with Gasteiger partial charge in [0.25, 0.3) is 0 Å². The first-order valence-corrected chi connectivity index (χ1v) is 9.58. The number of likely N-dealkylation sites (tertiary alicyclic amines) is 1. The Morgan fingerprint density at radius 3 is 2.54 bits per heavy atom. The molecule has 4 heteroatoms. The Morgan fingerprint density at radius 1 is 1.08 bits per heavy atom. The minimum absolute atomic E-state index is 0.297. The smallest absolute Gasteiger partial charge is 0.193 e. The number of nitrogens with one attached hydrogen (secondary N) is 1. The monoisotopic (exact) mass is 349 g/mol. The van der Waals surface area contributed by atoms with Gasteiger partial charge in [0.15, 0.2) is 5.96 Å². The number of hydrogen-bond acceptors (Lipinski definition) is 2. The van der Waals surface area contributed by atoms with E-state index in [1.165, 1.54) is 17.5 Å². The highest BCUT2D eigenvalue weighted by molar-refractivity contribution is 5.80. The Hall–Kier alpha value is -2.49. The van der Waals surface area contributed by atoms with Gasteiger partial charge in [0, 0.05) is 45.4 Å². The highest BCUT2D eigenvalue weighted by atomic mass is 16.5. The van der Waals surface area contributed by atoms with Crippen molar-refractivity contribution in [3.05, 3.63) is 65.7 Å². The summed E-state index contributed by atoms with van der Waals surface area (Å²) in [5.74, 6) is 2.60. The van der Waals surface area contributed by atoms with Crippen LogP contribution in [0.3, 0.4) is 0 Å². The lowest BCUT2D eigenvalue weighted by molar-refractivity contribution is 0.129. The molecule has 1 aliphatic heterocycles. The number of hydrogen-bond donors (Lipinski definition) is 1. The molecule has 2 aromatic carbocycles. The number of aliphatic imine (C=N–C) groups is 1. The Kier molecular flexibility index (Phi) is 5.09. The topological polar surface area (TPSA) is 36.9 Å². The summed E-state index contributed by atoms with van der Waals surface area (Å²) in [6.07, 6.45) is 3.53. The predicted octanol–water partition coefficient (Wildman–Crippen LogP) is 3.45. The zero-order valence-corrected chi connectivity index (χ0v) is 15.4. The molecule has 2 aromatic rings. The molecule has 0 spiro atoms. The molecular weight excluding hydrogens is 322 g/mol. The van der Waals surface area contributed by atoms with Gasteiger partial charge in [0.2, 0.25) is 0 Å². The van der Waals surface area contributed by atoms with E-state index in [2.05, 4.69) is 39.5 Å². The van der Waals surface area contributed by atoms with Crippen molar-refractivity contribution >= 4 is 5.96 Å². The number of guanidine groups is 1. The second-order valence-electron chi connectivity index (χ2n) is 7.15. The molecule has 1 saturated heterocycles. The maximum absolute atomic E-state index is 6.09. The zero-order chi connectivity index (χ0) is 17.8. The minimum Gasteiger partial charge on any atom is -0.490 e. The normalized spacial score (nSPS) is 20.3. The second-order valence-corrected chi connectivity index (χ2v) is 7.15. The van der Waals surface area contributed by atoms with Crippen LogP contribution in [0.1, 0.15) is 29.9 Å². The molecule has 4 rings (SSSR count). The van der Waals surface area contributed by atoms with Crippen LogP contribution < -0.4 is 10.1 Å². The second kappa shape index (κ2) is 7.81. The van der Waals surface area contributed by atoms with Crippen molar-refractivity contribution in [2.75, 3.05) is 26.7 Å². The molecule has 0 bridgehead atoms. The third-order valence-electron chi connectivity index (χ3n) is 5.47. The van der Waals surface area contributed by atoms with E-state index < -0.39 is 0 Å². The molecule has 1 N–H and O–H groups in total. The van der Waals surface area contributed by atoms with Crippen LogP contribution in [0.4, 0.5) is 0 Å². The summed E-state index contributed by atoms with van der Waals surface area (Å²) in [7, 11) is 1.88. The Bertz CT molecular complexity index is 751. The summed E-state index contributed by atoms with van der Waals surface area (Å²) in [6, 6.07) is 18.9. The number of para-hydroxylation sites is 1. The van der Waals surface area contributed by atoms with E-state index in [9.17, 15) is 0 Å². The lowest BCUT2D eigenvalue weighted by Gasteiger charge is -2.36. The summed E-state index contributed by atoms with van der Waals surface area (Å²) in [4.78, 5) is 6.85. The Balaban J connectivity index is 1.25. The molecule has 1 atom stereocenters. The molecule has 0 aromatic heterocycles. The SMILES string of the molecule is CN=C(NCC1Cc2ccccc21)N1CCC(Oc2ccccc2)CC1. The van der Waals surface area contributed by atoms with Gasteiger partial charge in [-0.1, -0.05) is 42.5 Å². The Morgan fingerprint density at radius 2 is 1.81 bits per heavy atom. The van der Waals surface area contributed by atoms with Crippen LogP contribution in [0.5, 0.6) is 5.75 Å². The highest BCUT2D eigenvalue weighted by Gasteiger charge is 2.27. The predicted molar refractivity (Wildman–Crippen MR) is 106 cm³/mol. The maximum atomic E-state index is 6.09. The third-order valence-corrected chi connectivity index (χ3v) is 5.47. The van der Waals surface area contributed by atoms with E-state index in [1.54, 1.807) is 0 Å². The van der Waals surface area contributed by atoms with E-state index in [1.807, 2.05) is 37.4 Å². The van der Waals surface area contributed by atoms with Crippen molar-refractivity contribution in [3.63, 3.8) is 0 Å². The van der Waals surface area contributed by atoms with Crippen molar-refractivity contribution in [1.82, 2.24) is 10.2 Å². The molecule has 136 valence electrons. The first-order chi connectivity index (χ1) is 12.8. The van der Waals surface area contributed by atoms with Gasteiger partial charge >= 0.3 is 0 Å². The van der Waals surface area contributed by atoms with Gasteiger partial charge in [-0.25, -0.2) is 0 Å². The van der Waals surface area contributed by atoms with Gasteiger partial charge in [-0.3, -0.25) is 4.99 Å². The van der Waals surface area contributed by atoms with Gasteiger partial charge in [0.05, 0.1) is 0 Å². The lowest BCUT2D eigenvalue weighted by atomic mass is 9.78. The van der Waals surface area contributed by atoms with Gasteiger partial charge in [0.1, 0.15) is 11.9 Å². The fourth-order valence-electron chi connectivity index (χ4n) is 3.97. The van der Waals surface area contributed by atoms with Crippen LogP contribution in [0.2, 0.25) is 0 Å². The fraction of sp³-hybridized carbons (Fsp3) is 0.409. The molecule has 26 heavy (non-hydrogen) atoms. The number of nitrogens with zero attached hydrogens (tertiary/aromatic N) is 2. The summed E-state index contributed by atoms with van der Waals surface area (Å²) < 4.78 is 6.09. The molecule has 4 nitrogen and oxygen atoms in total. The highest BCUT2D eigenvalue weighted by Crippen LogP contribution is 2.34. The molecule has 1 unspecified atom stereocenters. The van der Waals surface area contributed by atoms with Crippen LogP contribution >= 0.6 is 0 Å². The van der Waals surface area contributed by atoms with Crippen molar-refractivity contribution in [3.8, 4) is 5.75 Å². The third kappa shape index (κ3) is 3.69. The average Bonchev–Trinajstić information content (AvgIpc) is 2.67. The fourth-order valence-corrected chi connectivity index (χ4v) is 3.97. The summed E-state index contributed by atoms with van der Waals surface area (Å²) in [5, 5.41) is 3.58. The molecule has 1 heterocycles. The summed E-state index contributed by atoms with van der Waals surface area (Å²) in [5.41, 5.74) is 2.98. The Labute approximate surface area is 155 Å². The van der Waals surface area contributed by atoms with Gasteiger partial charge < -0.3 is 15.0 Å². The van der Waals surface area contributed by atoms with Crippen LogP contribution in [-0.4, -0.2) is 43.6 Å². The van der Waals surface area contributed by atoms with E-state index >= 15 is 0 Å². The standard InChI is InChI=1S/C22H27N3O/c1-23-22(24-16-18-15-17-7-5-6-10-21(17)18)25-13-11-20(12-14-25)26-19-8-3-2-4-9-19/h2-10,18,20H,11-16H2,1H3,(H,23,24). The van der Waals surface area contributed by atoms with E-state index in [0.717, 1.165) is 44.2 Å². The number of ether oxygens (including phenoxy) is 1. The first kappa shape index (κ1) is 17.0. The lowest BCUT2D eigenvalue weighted by Crippen LogP contribution is -2.48. The van der Waals surface area contributed by atoms with E-state index in [4.69, 9.17) is 4.74 Å². The quantitative estimate of drug-likeness (QED) is 0.679. The molecule has 0 radical (unpaired) electrons. The summed E-state index contributed by atoms with van der Waals surface area (Å²) >= 11 is 0. The van der Waals surface area contributed by atoms with Crippen molar-refractivity contribution < 1.29 is 4.74 Å². The number of benzene rings is 2. The first-order valence-electron chi connectivity index (χ1n) is 9.58. The van der Waals surface area contributed by atoms with Gasteiger partial charge in [-0.05, 0) is 29.7 Å². The molecule has 1 aliphatic carbocycles.